The first kappa shape index (κ1) is 22.3. The number of rotatable bonds is 9. The van der Waals surface area contributed by atoms with Gasteiger partial charge in [-0.3, -0.25) is 9.59 Å². The van der Waals surface area contributed by atoms with E-state index in [0.29, 0.717) is 23.0 Å². The van der Waals surface area contributed by atoms with Crippen LogP contribution in [0.4, 0.5) is 0 Å². The van der Waals surface area contributed by atoms with Gasteiger partial charge in [-0.15, -0.1) is 0 Å². The second kappa shape index (κ2) is 10.1. The lowest BCUT2D eigenvalue weighted by atomic mass is 9.82. The van der Waals surface area contributed by atoms with Crippen molar-refractivity contribution in [3.63, 3.8) is 0 Å². The summed E-state index contributed by atoms with van der Waals surface area (Å²) in [6, 6.07) is 10.8. The molecule has 0 N–H and O–H groups in total. The van der Waals surface area contributed by atoms with Crippen molar-refractivity contribution in [3.05, 3.63) is 47.5 Å². The molecule has 0 spiro atoms. The molecule has 8 nitrogen and oxygen atoms in total. The van der Waals surface area contributed by atoms with Crippen LogP contribution in [0.5, 0.6) is 23.0 Å². The van der Waals surface area contributed by atoms with E-state index in [1.807, 2.05) is 18.2 Å². The summed E-state index contributed by atoms with van der Waals surface area (Å²) in [6.07, 6.45) is 0.535. The molecule has 0 aliphatic carbocycles. The highest BCUT2D eigenvalue weighted by atomic mass is 16.7. The zero-order valence-corrected chi connectivity index (χ0v) is 18.0. The lowest BCUT2D eigenvalue weighted by Crippen LogP contribution is -2.34. The lowest BCUT2D eigenvalue weighted by Gasteiger charge is -2.24. The van der Waals surface area contributed by atoms with Crippen molar-refractivity contribution in [2.45, 2.75) is 12.8 Å². The minimum absolute atomic E-state index is 0.156. The Hall–Kier alpha value is -3.42. The maximum atomic E-state index is 12.7. The molecule has 3 rings (SSSR count). The number of hydrogen-bond acceptors (Lipinski definition) is 8. The molecule has 2 aromatic rings. The van der Waals surface area contributed by atoms with Crippen molar-refractivity contribution < 1.29 is 38.0 Å². The van der Waals surface area contributed by atoms with Gasteiger partial charge in [-0.1, -0.05) is 12.1 Å². The summed E-state index contributed by atoms with van der Waals surface area (Å²) in [7, 11) is 5.70. The average molecular weight is 430 g/mol. The van der Waals surface area contributed by atoms with Crippen LogP contribution in [0, 0.1) is 11.8 Å². The summed E-state index contributed by atoms with van der Waals surface area (Å²) in [5.41, 5.74) is 1.62. The first-order valence-corrected chi connectivity index (χ1v) is 9.75. The summed E-state index contributed by atoms with van der Waals surface area (Å²) in [5, 5.41) is 0. The number of carbonyl (C=O) groups excluding carboxylic acids is 2. The van der Waals surface area contributed by atoms with Gasteiger partial charge < -0.3 is 28.4 Å². The first-order valence-electron chi connectivity index (χ1n) is 9.75. The van der Waals surface area contributed by atoms with E-state index in [0.717, 1.165) is 11.1 Å². The molecule has 1 aliphatic rings. The Balaban J connectivity index is 1.90. The van der Waals surface area contributed by atoms with Gasteiger partial charge in [0.1, 0.15) is 0 Å². The highest BCUT2D eigenvalue weighted by molar-refractivity contribution is 5.82. The van der Waals surface area contributed by atoms with Gasteiger partial charge in [-0.25, -0.2) is 0 Å². The predicted octanol–water partition coefficient (Wildman–Crippen LogP) is 2.80. The Morgan fingerprint density at radius 1 is 0.774 bits per heavy atom. The number of ether oxygens (including phenoxy) is 6. The number of methoxy groups -OCH3 is 4. The molecule has 0 bridgehead atoms. The number of esters is 2. The van der Waals surface area contributed by atoms with E-state index >= 15 is 0 Å². The number of benzene rings is 2. The normalized spacial score (nSPS) is 13.8. The smallest absolute Gasteiger partial charge is 0.309 e. The van der Waals surface area contributed by atoms with Crippen LogP contribution in [0.1, 0.15) is 11.1 Å². The zero-order chi connectivity index (χ0) is 22.4. The minimum Gasteiger partial charge on any atom is -0.493 e. The molecule has 166 valence electrons. The largest absolute Gasteiger partial charge is 0.493 e. The Labute approximate surface area is 181 Å². The zero-order valence-electron chi connectivity index (χ0n) is 18.0. The second-order valence-electron chi connectivity index (χ2n) is 7.04. The van der Waals surface area contributed by atoms with E-state index in [-0.39, 0.29) is 19.6 Å². The summed E-state index contributed by atoms with van der Waals surface area (Å²) in [4.78, 5) is 25.4. The Kier molecular flexibility index (Phi) is 7.23. The molecule has 31 heavy (non-hydrogen) atoms. The maximum absolute atomic E-state index is 12.7. The molecule has 0 amide bonds. The van der Waals surface area contributed by atoms with Gasteiger partial charge in [0.05, 0.1) is 40.3 Å². The molecule has 0 saturated heterocycles. The minimum atomic E-state index is -0.763. The van der Waals surface area contributed by atoms with Crippen molar-refractivity contribution in [2.75, 3.05) is 35.2 Å². The van der Waals surface area contributed by atoms with E-state index < -0.39 is 23.8 Å². The van der Waals surface area contributed by atoms with Crippen LogP contribution in [-0.2, 0) is 31.9 Å². The van der Waals surface area contributed by atoms with Gasteiger partial charge in [-0.2, -0.15) is 0 Å². The highest BCUT2D eigenvalue weighted by Crippen LogP contribution is 2.35. The fourth-order valence-corrected chi connectivity index (χ4v) is 3.67. The molecular weight excluding hydrogens is 404 g/mol. The van der Waals surface area contributed by atoms with Gasteiger partial charge in [-0.05, 0) is 48.2 Å². The molecule has 0 fully saturated rings. The van der Waals surface area contributed by atoms with Gasteiger partial charge >= 0.3 is 11.9 Å². The van der Waals surface area contributed by atoms with Crippen molar-refractivity contribution in [1.82, 2.24) is 0 Å². The van der Waals surface area contributed by atoms with E-state index in [1.54, 1.807) is 25.3 Å². The topological polar surface area (TPSA) is 89.5 Å². The summed E-state index contributed by atoms with van der Waals surface area (Å²) in [5.74, 6) is -0.144. The molecule has 2 atom stereocenters. The monoisotopic (exact) mass is 430 g/mol. The third-order valence-electron chi connectivity index (χ3n) is 5.29. The van der Waals surface area contributed by atoms with Crippen LogP contribution in [0.3, 0.4) is 0 Å². The molecule has 1 heterocycles. The fourth-order valence-electron chi connectivity index (χ4n) is 3.67. The molecule has 2 aromatic carbocycles. The maximum Gasteiger partial charge on any atom is 0.309 e. The highest BCUT2D eigenvalue weighted by Gasteiger charge is 2.36. The molecular formula is C23H26O8. The lowest BCUT2D eigenvalue weighted by molar-refractivity contribution is -0.157. The molecule has 8 heteroatoms. The van der Waals surface area contributed by atoms with Crippen molar-refractivity contribution in [2.24, 2.45) is 11.8 Å². The number of carbonyl (C=O) groups is 2. The van der Waals surface area contributed by atoms with Crippen molar-refractivity contribution in [3.8, 4) is 23.0 Å². The van der Waals surface area contributed by atoms with Crippen LogP contribution in [0.15, 0.2) is 36.4 Å². The van der Waals surface area contributed by atoms with Gasteiger partial charge in [0, 0.05) is 0 Å². The summed E-state index contributed by atoms with van der Waals surface area (Å²) < 4.78 is 31.4. The standard InChI is InChI=1S/C23H26O8/c1-26-18-7-5-14(11-20(18)27-2)9-16(22(24)28-3)17(23(25)29-4)10-15-6-8-19-21(12-15)31-13-30-19/h5-8,11-12,16-17H,9-10,13H2,1-4H3/t16-,17-/m1/s1. The SMILES string of the molecule is COC(=O)[C@H](Cc1ccc(OC)c(OC)c1)[C@@H](Cc1ccc2c(c1)OCO2)C(=O)OC. The number of hydrogen-bond donors (Lipinski definition) is 0. The third-order valence-corrected chi connectivity index (χ3v) is 5.29. The second-order valence-corrected chi connectivity index (χ2v) is 7.04. The predicted molar refractivity (Wildman–Crippen MR) is 111 cm³/mol. The van der Waals surface area contributed by atoms with Crippen LogP contribution < -0.4 is 18.9 Å². The average Bonchev–Trinajstić information content (AvgIpc) is 3.28. The van der Waals surface area contributed by atoms with Gasteiger partial charge in [0.25, 0.3) is 0 Å². The van der Waals surface area contributed by atoms with Crippen molar-refractivity contribution >= 4 is 11.9 Å². The van der Waals surface area contributed by atoms with Gasteiger partial charge in [0.2, 0.25) is 6.79 Å². The molecule has 0 aromatic heterocycles. The van der Waals surface area contributed by atoms with E-state index in [2.05, 4.69) is 0 Å². The van der Waals surface area contributed by atoms with Crippen LogP contribution >= 0.6 is 0 Å². The molecule has 0 saturated carbocycles. The van der Waals surface area contributed by atoms with Gasteiger partial charge in [0.15, 0.2) is 23.0 Å². The Morgan fingerprint density at radius 2 is 1.32 bits per heavy atom. The molecule has 0 radical (unpaired) electrons. The van der Waals surface area contributed by atoms with Crippen LogP contribution in [0.2, 0.25) is 0 Å². The molecule has 0 unspecified atom stereocenters. The quantitative estimate of drug-likeness (QED) is 0.561. The van der Waals surface area contributed by atoms with Crippen molar-refractivity contribution in [1.29, 1.82) is 0 Å². The first-order chi connectivity index (χ1) is 15.0. The Bertz CT molecular complexity index is 939. The third kappa shape index (κ3) is 5.02. The summed E-state index contributed by atoms with van der Waals surface area (Å²) in [6.45, 7) is 0.156. The summed E-state index contributed by atoms with van der Waals surface area (Å²) >= 11 is 0. The molecule has 1 aliphatic heterocycles. The van der Waals surface area contributed by atoms with Crippen LogP contribution in [-0.4, -0.2) is 47.2 Å². The Morgan fingerprint density at radius 3 is 1.90 bits per heavy atom. The van der Waals surface area contributed by atoms with E-state index in [4.69, 9.17) is 28.4 Å². The van der Waals surface area contributed by atoms with Crippen LogP contribution in [0.25, 0.3) is 0 Å². The van der Waals surface area contributed by atoms with E-state index in [1.165, 1.54) is 21.3 Å². The number of fused-ring (bicyclic) bond motifs is 1. The fraction of sp³-hybridized carbons (Fsp3) is 0.391. The van der Waals surface area contributed by atoms with E-state index in [9.17, 15) is 9.59 Å².